The molecule has 0 saturated heterocycles. The first-order chi connectivity index (χ1) is 14.8. The van der Waals surface area contributed by atoms with E-state index in [1.807, 2.05) is 0 Å². The number of hydrogen-bond acceptors (Lipinski definition) is 5. The highest BCUT2D eigenvalue weighted by Crippen LogP contribution is 2.23. The van der Waals surface area contributed by atoms with Crippen molar-refractivity contribution in [3.8, 4) is 5.75 Å². The third-order valence-corrected chi connectivity index (χ3v) is 5.11. The molecule has 31 heavy (non-hydrogen) atoms. The Kier molecular flexibility index (Phi) is 6.88. The molecule has 7 nitrogen and oxygen atoms in total. The van der Waals surface area contributed by atoms with Gasteiger partial charge >= 0.3 is 5.97 Å². The van der Waals surface area contributed by atoms with E-state index in [1.54, 1.807) is 24.3 Å². The molecule has 3 aromatic rings. The predicted octanol–water partition coefficient (Wildman–Crippen LogP) is 4.21. The highest BCUT2D eigenvalue weighted by Gasteiger charge is 2.12. The Morgan fingerprint density at radius 1 is 0.871 bits per heavy atom. The quantitative estimate of drug-likeness (QED) is 0.323. The molecule has 3 aromatic carbocycles. The fraction of sp³-hybridized carbons (Fsp3) is 0.0455. The molecular formula is C22H17FN2O5S. The summed E-state index contributed by atoms with van der Waals surface area (Å²) in [5.74, 6) is -2.74. The van der Waals surface area contributed by atoms with Crippen LogP contribution >= 0.6 is 11.8 Å². The van der Waals surface area contributed by atoms with E-state index >= 15 is 0 Å². The van der Waals surface area contributed by atoms with Gasteiger partial charge in [0.25, 0.3) is 5.91 Å². The molecule has 2 amide bonds. The maximum absolute atomic E-state index is 12.9. The highest BCUT2D eigenvalue weighted by molar-refractivity contribution is 8.00. The molecule has 0 heterocycles. The molecule has 0 aliphatic rings. The Labute approximate surface area is 180 Å². The molecular weight excluding hydrogens is 423 g/mol. The van der Waals surface area contributed by atoms with E-state index < -0.39 is 11.8 Å². The van der Waals surface area contributed by atoms with E-state index in [0.29, 0.717) is 11.3 Å². The SMILES string of the molecule is O=C(CSc1ccc(NC(=O)c2ccc(F)cc2)cc1)Nc1ccc(O)c(C(=O)O)c1. The molecule has 0 atom stereocenters. The third-order valence-electron chi connectivity index (χ3n) is 4.10. The predicted molar refractivity (Wildman–Crippen MR) is 115 cm³/mol. The van der Waals surface area contributed by atoms with Crippen LogP contribution in [0.2, 0.25) is 0 Å². The van der Waals surface area contributed by atoms with Gasteiger partial charge in [0, 0.05) is 21.8 Å². The molecule has 0 saturated carbocycles. The van der Waals surface area contributed by atoms with Crippen LogP contribution in [0.25, 0.3) is 0 Å². The summed E-state index contributed by atoms with van der Waals surface area (Å²) in [5.41, 5.74) is 0.841. The number of phenols is 1. The summed E-state index contributed by atoms with van der Waals surface area (Å²) >= 11 is 1.25. The molecule has 0 aromatic heterocycles. The normalized spacial score (nSPS) is 10.4. The van der Waals surface area contributed by atoms with Crippen molar-refractivity contribution in [2.45, 2.75) is 4.90 Å². The summed E-state index contributed by atoms with van der Waals surface area (Å²) in [6, 6.07) is 15.8. The average Bonchev–Trinajstić information content (AvgIpc) is 2.75. The van der Waals surface area contributed by atoms with Gasteiger partial charge in [0.15, 0.2) is 0 Å². The Morgan fingerprint density at radius 3 is 2.16 bits per heavy atom. The zero-order valence-electron chi connectivity index (χ0n) is 16.0. The second kappa shape index (κ2) is 9.77. The van der Waals surface area contributed by atoms with E-state index in [0.717, 1.165) is 4.90 Å². The van der Waals surface area contributed by atoms with Gasteiger partial charge in [-0.05, 0) is 66.7 Å². The Hall–Kier alpha value is -3.85. The minimum absolute atomic E-state index is 0.0740. The van der Waals surface area contributed by atoms with Crippen LogP contribution in [-0.4, -0.2) is 33.7 Å². The Bertz CT molecular complexity index is 1120. The molecule has 0 fully saturated rings. The monoisotopic (exact) mass is 440 g/mol. The van der Waals surface area contributed by atoms with Crippen LogP contribution in [0.5, 0.6) is 5.75 Å². The first kappa shape index (κ1) is 21.8. The van der Waals surface area contributed by atoms with Gasteiger partial charge in [-0.15, -0.1) is 11.8 Å². The standard InChI is InChI=1S/C22H17FN2O5S/c23-14-3-1-13(2-4-14)21(28)25-15-5-8-17(9-6-15)31-12-20(27)24-16-7-10-19(26)18(11-16)22(29)30/h1-11,26H,12H2,(H,24,27)(H,25,28)(H,29,30). The lowest BCUT2D eigenvalue weighted by atomic mass is 10.2. The van der Waals surface area contributed by atoms with Crippen molar-refractivity contribution in [2.24, 2.45) is 0 Å². The van der Waals surface area contributed by atoms with Gasteiger partial charge in [-0.25, -0.2) is 9.18 Å². The lowest BCUT2D eigenvalue weighted by molar-refractivity contribution is -0.113. The summed E-state index contributed by atoms with van der Waals surface area (Å²) in [7, 11) is 0. The maximum Gasteiger partial charge on any atom is 0.339 e. The van der Waals surface area contributed by atoms with Crippen LogP contribution < -0.4 is 10.6 Å². The molecule has 0 radical (unpaired) electrons. The van der Waals surface area contributed by atoms with Crippen LogP contribution in [-0.2, 0) is 4.79 Å². The van der Waals surface area contributed by atoms with Gasteiger partial charge in [-0.1, -0.05) is 0 Å². The lowest BCUT2D eigenvalue weighted by Crippen LogP contribution is -2.14. The second-order valence-electron chi connectivity index (χ2n) is 6.36. The molecule has 0 unspecified atom stereocenters. The number of amides is 2. The van der Waals surface area contributed by atoms with Crippen LogP contribution in [0.15, 0.2) is 71.6 Å². The Morgan fingerprint density at radius 2 is 1.52 bits per heavy atom. The number of thioether (sulfide) groups is 1. The highest BCUT2D eigenvalue weighted by atomic mass is 32.2. The summed E-state index contributed by atoms with van der Waals surface area (Å²) in [4.78, 5) is 36.1. The molecule has 3 rings (SSSR count). The number of halogens is 1. The molecule has 9 heteroatoms. The molecule has 0 aliphatic carbocycles. The number of carbonyl (C=O) groups excluding carboxylic acids is 2. The van der Waals surface area contributed by atoms with Crippen LogP contribution in [0.3, 0.4) is 0 Å². The first-order valence-corrected chi connectivity index (χ1v) is 9.96. The number of carboxylic acids is 1. The van der Waals surface area contributed by atoms with Crippen molar-refractivity contribution in [1.29, 1.82) is 0 Å². The summed E-state index contributed by atoms with van der Waals surface area (Å²) in [6.07, 6.45) is 0. The van der Waals surface area contributed by atoms with Crippen LogP contribution in [0, 0.1) is 5.82 Å². The number of hydrogen-bond donors (Lipinski definition) is 4. The lowest BCUT2D eigenvalue weighted by Gasteiger charge is -2.08. The van der Waals surface area contributed by atoms with Gasteiger partial charge < -0.3 is 20.8 Å². The number of rotatable bonds is 7. The van der Waals surface area contributed by atoms with E-state index in [1.165, 1.54) is 54.2 Å². The Balaban J connectivity index is 1.52. The maximum atomic E-state index is 12.9. The van der Waals surface area contributed by atoms with Crippen molar-refractivity contribution in [3.63, 3.8) is 0 Å². The summed E-state index contributed by atoms with van der Waals surface area (Å²) < 4.78 is 12.9. The topological polar surface area (TPSA) is 116 Å². The molecule has 0 aliphatic heterocycles. The van der Waals surface area contributed by atoms with E-state index in [2.05, 4.69) is 10.6 Å². The fourth-order valence-corrected chi connectivity index (χ4v) is 3.27. The van der Waals surface area contributed by atoms with E-state index in [4.69, 9.17) is 5.11 Å². The van der Waals surface area contributed by atoms with Crippen molar-refractivity contribution in [1.82, 2.24) is 0 Å². The molecule has 4 N–H and O–H groups in total. The number of nitrogens with one attached hydrogen (secondary N) is 2. The summed E-state index contributed by atoms with van der Waals surface area (Å²) in [6.45, 7) is 0. The van der Waals surface area contributed by atoms with Gasteiger partial charge in [0.2, 0.25) is 5.91 Å². The number of aromatic hydroxyl groups is 1. The van der Waals surface area contributed by atoms with Gasteiger partial charge in [-0.3, -0.25) is 9.59 Å². The average molecular weight is 440 g/mol. The van der Waals surface area contributed by atoms with Crippen molar-refractivity contribution >= 4 is 40.9 Å². The van der Waals surface area contributed by atoms with Crippen LogP contribution in [0.1, 0.15) is 20.7 Å². The van der Waals surface area contributed by atoms with Crippen molar-refractivity contribution < 1.29 is 29.0 Å². The zero-order chi connectivity index (χ0) is 22.4. The molecule has 0 bridgehead atoms. The van der Waals surface area contributed by atoms with Gasteiger partial charge in [0.05, 0.1) is 5.75 Å². The minimum atomic E-state index is -1.30. The second-order valence-corrected chi connectivity index (χ2v) is 7.41. The van der Waals surface area contributed by atoms with E-state index in [9.17, 15) is 23.9 Å². The number of benzene rings is 3. The smallest absolute Gasteiger partial charge is 0.339 e. The minimum Gasteiger partial charge on any atom is -0.507 e. The van der Waals surface area contributed by atoms with E-state index in [-0.39, 0.29) is 34.6 Å². The zero-order valence-corrected chi connectivity index (χ0v) is 16.8. The van der Waals surface area contributed by atoms with Gasteiger partial charge in [-0.2, -0.15) is 0 Å². The van der Waals surface area contributed by atoms with Gasteiger partial charge in [0.1, 0.15) is 17.1 Å². The number of carboxylic acid groups (broad SMARTS) is 1. The summed E-state index contributed by atoms with van der Waals surface area (Å²) in [5, 5.41) is 23.8. The third kappa shape index (κ3) is 6.06. The number of carbonyl (C=O) groups is 3. The fourth-order valence-electron chi connectivity index (χ4n) is 2.57. The van der Waals surface area contributed by atoms with Crippen molar-refractivity contribution in [3.05, 3.63) is 83.7 Å². The number of anilines is 2. The molecule has 158 valence electrons. The number of aromatic carboxylic acids is 1. The van der Waals surface area contributed by atoms with Crippen LogP contribution in [0.4, 0.5) is 15.8 Å². The largest absolute Gasteiger partial charge is 0.507 e. The first-order valence-electron chi connectivity index (χ1n) is 8.98. The molecule has 0 spiro atoms. The van der Waals surface area contributed by atoms with Crippen molar-refractivity contribution in [2.75, 3.05) is 16.4 Å².